The number of hydrogen-bond donors (Lipinski definition) is 0. The van der Waals surface area contributed by atoms with E-state index in [4.69, 9.17) is 11.6 Å². The van der Waals surface area contributed by atoms with Gasteiger partial charge in [0.25, 0.3) is 0 Å². The molecule has 0 atom stereocenters. The van der Waals surface area contributed by atoms with Gasteiger partial charge in [-0.05, 0) is 48.4 Å². The summed E-state index contributed by atoms with van der Waals surface area (Å²) in [6.07, 6.45) is 7.06. The maximum absolute atomic E-state index is 13.3. The van der Waals surface area contributed by atoms with Crippen molar-refractivity contribution in [3.05, 3.63) is 34.1 Å². The van der Waals surface area contributed by atoms with Crippen LogP contribution in [0.25, 0.3) is 0 Å². The normalized spacial score (nSPS) is 19.2. The van der Waals surface area contributed by atoms with E-state index in [-0.39, 0.29) is 11.2 Å². The molecule has 0 amide bonds. The lowest BCUT2D eigenvalue weighted by molar-refractivity contribution is 0.219. The van der Waals surface area contributed by atoms with E-state index >= 15 is 0 Å². The van der Waals surface area contributed by atoms with Crippen LogP contribution in [-0.2, 0) is 6.42 Å². The Hall–Kier alpha value is -0.0800. The van der Waals surface area contributed by atoms with Gasteiger partial charge in [0.2, 0.25) is 0 Å². The molecule has 1 aliphatic rings. The van der Waals surface area contributed by atoms with E-state index in [2.05, 4.69) is 15.9 Å². The second-order valence-corrected chi connectivity index (χ2v) is 6.33. The highest BCUT2D eigenvalue weighted by Gasteiger charge is 2.31. The summed E-state index contributed by atoms with van der Waals surface area (Å²) in [6, 6.07) is 5.14. The summed E-state index contributed by atoms with van der Waals surface area (Å²) in [5.41, 5.74) is 1.24. The van der Waals surface area contributed by atoms with E-state index < -0.39 is 0 Å². The largest absolute Gasteiger partial charge is 0.207 e. The highest BCUT2D eigenvalue weighted by Crippen LogP contribution is 2.40. The maximum Gasteiger partial charge on any atom is 0.124 e. The summed E-state index contributed by atoms with van der Waals surface area (Å²) in [5, 5.41) is 0. The maximum atomic E-state index is 13.3. The van der Waals surface area contributed by atoms with Crippen molar-refractivity contribution in [1.29, 1.82) is 0 Å². The molecule has 94 valence electrons. The van der Waals surface area contributed by atoms with Crippen LogP contribution in [0.1, 0.15) is 37.7 Å². The molecule has 3 heteroatoms. The Kier molecular flexibility index (Phi) is 4.48. The van der Waals surface area contributed by atoms with Crippen molar-refractivity contribution in [2.75, 3.05) is 5.88 Å². The minimum absolute atomic E-state index is 0.171. The molecular formula is C14H17BrClF. The lowest BCUT2D eigenvalue weighted by Gasteiger charge is -2.35. The van der Waals surface area contributed by atoms with Crippen LogP contribution < -0.4 is 0 Å². The molecule has 1 aromatic rings. The Balaban J connectivity index is 2.17. The molecule has 0 unspecified atom stereocenters. The van der Waals surface area contributed by atoms with Crippen molar-refractivity contribution in [2.45, 2.75) is 38.5 Å². The number of benzene rings is 1. The number of alkyl halides is 1. The van der Waals surface area contributed by atoms with Gasteiger partial charge < -0.3 is 0 Å². The smallest absolute Gasteiger partial charge is 0.124 e. The van der Waals surface area contributed by atoms with Crippen LogP contribution in [0.4, 0.5) is 4.39 Å². The number of hydrogen-bond acceptors (Lipinski definition) is 0. The molecule has 0 aliphatic heterocycles. The summed E-state index contributed by atoms with van der Waals surface area (Å²) in [7, 11) is 0. The van der Waals surface area contributed by atoms with E-state index in [1.54, 1.807) is 6.07 Å². The molecule has 0 heterocycles. The van der Waals surface area contributed by atoms with Gasteiger partial charge in [-0.15, -0.1) is 11.6 Å². The molecule has 1 saturated carbocycles. The molecule has 2 rings (SSSR count). The van der Waals surface area contributed by atoms with Gasteiger partial charge in [-0.2, -0.15) is 0 Å². The highest BCUT2D eigenvalue weighted by molar-refractivity contribution is 9.10. The molecular weight excluding hydrogens is 303 g/mol. The van der Waals surface area contributed by atoms with Gasteiger partial charge in [0.05, 0.1) is 0 Å². The van der Waals surface area contributed by atoms with Crippen LogP contribution in [-0.4, -0.2) is 5.88 Å². The Morgan fingerprint density at radius 3 is 2.47 bits per heavy atom. The molecule has 0 radical (unpaired) electrons. The summed E-state index contributed by atoms with van der Waals surface area (Å²) in [6.45, 7) is 0. The van der Waals surface area contributed by atoms with Crippen molar-refractivity contribution in [3.8, 4) is 0 Å². The van der Waals surface area contributed by atoms with Gasteiger partial charge in [-0.3, -0.25) is 0 Å². The zero-order valence-corrected chi connectivity index (χ0v) is 12.2. The van der Waals surface area contributed by atoms with Crippen molar-refractivity contribution in [1.82, 2.24) is 0 Å². The Morgan fingerprint density at radius 1 is 1.18 bits per heavy atom. The Morgan fingerprint density at radius 2 is 1.88 bits per heavy atom. The van der Waals surface area contributed by atoms with E-state index in [1.165, 1.54) is 38.2 Å². The first-order valence-corrected chi connectivity index (χ1v) is 7.47. The van der Waals surface area contributed by atoms with Gasteiger partial charge in [0, 0.05) is 10.4 Å². The van der Waals surface area contributed by atoms with Gasteiger partial charge >= 0.3 is 0 Å². The lowest BCUT2D eigenvalue weighted by atomic mass is 9.72. The summed E-state index contributed by atoms with van der Waals surface area (Å²) < 4.78 is 14.2. The first-order valence-electron chi connectivity index (χ1n) is 6.15. The Bertz CT molecular complexity index is 366. The number of halogens is 3. The van der Waals surface area contributed by atoms with Crippen LogP contribution in [0.15, 0.2) is 22.7 Å². The molecule has 17 heavy (non-hydrogen) atoms. The van der Waals surface area contributed by atoms with Gasteiger partial charge in [0.1, 0.15) is 5.82 Å². The SMILES string of the molecule is Fc1cc(Br)cc(CC2(CCl)CCCCC2)c1. The van der Waals surface area contributed by atoms with E-state index in [9.17, 15) is 4.39 Å². The van der Waals surface area contributed by atoms with Crippen LogP contribution in [0, 0.1) is 11.2 Å². The van der Waals surface area contributed by atoms with Crippen LogP contribution in [0.2, 0.25) is 0 Å². The summed E-state index contributed by atoms with van der Waals surface area (Å²) in [5.74, 6) is 0.510. The fourth-order valence-electron chi connectivity index (χ4n) is 2.81. The minimum atomic E-state index is -0.171. The molecule has 0 saturated heterocycles. The topological polar surface area (TPSA) is 0 Å². The molecule has 0 aromatic heterocycles. The van der Waals surface area contributed by atoms with Crippen molar-refractivity contribution >= 4 is 27.5 Å². The zero-order chi connectivity index (χ0) is 12.3. The van der Waals surface area contributed by atoms with E-state index in [0.29, 0.717) is 5.88 Å². The third-order valence-corrected chi connectivity index (χ3v) is 4.72. The van der Waals surface area contributed by atoms with E-state index in [1.807, 2.05) is 6.07 Å². The van der Waals surface area contributed by atoms with Gasteiger partial charge in [0.15, 0.2) is 0 Å². The Labute approximate surface area is 116 Å². The average Bonchev–Trinajstić information content (AvgIpc) is 2.29. The molecule has 0 nitrogen and oxygen atoms in total. The van der Waals surface area contributed by atoms with Gasteiger partial charge in [-0.25, -0.2) is 4.39 Å². The van der Waals surface area contributed by atoms with Crippen molar-refractivity contribution < 1.29 is 4.39 Å². The van der Waals surface area contributed by atoms with E-state index in [0.717, 1.165) is 16.5 Å². The van der Waals surface area contributed by atoms with Crippen LogP contribution in [0.3, 0.4) is 0 Å². The zero-order valence-electron chi connectivity index (χ0n) is 9.82. The van der Waals surface area contributed by atoms with Crippen molar-refractivity contribution in [2.24, 2.45) is 5.41 Å². The van der Waals surface area contributed by atoms with Crippen LogP contribution in [0.5, 0.6) is 0 Å². The summed E-state index contributed by atoms with van der Waals surface area (Å²) >= 11 is 9.51. The highest BCUT2D eigenvalue weighted by atomic mass is 79.9. The lowest BCUT2D eigenvalue weighted by Crippen LogP contribution is -2.28. The minimum Gasteiger partial charge on any atom is -0.207 e. The average molecular weight is 320 g/mol. The third kappa shape index (κ3) is 3.45. The van der Waals surface area contributed by atoms with Crippen molar-refractivity contribution in [3.63, 3.8) is 0 Å². The molecule has 0 spiro atoms. The standard InChI is InChI=1S/C14H17BrClF/c15-12-6-11(7-13(17)8-12)9-14(10-16)4-2-1-3-5-14/h6-8H,1-5,9-10H2. The van der Waals surface area contributed by atoms with Gasteiger partial charge in [-0.1, -0.05) is 35.2 Å². The van der Waals surface area contributed by atoms with Crippen LogP contribution >= 0.6 is 27.5 Å². The first-order chi connectivity index (χ1) is 8.13. The fourth-order valence-corrected chi connectivity index (χ4v) is 3.68. The second kappa shape index (κ2) is 5.71. The predicted molar refractivity (Wildman–Crippen MR) is 74.0 cm³/mol. The second-order valence-electron chi connectivity index (χ2n) is 5.15. The fraction of sp³-hybridized carbons (Fsp3) is 0.571. The summed E-state index contributed by atoms with van der Waals surface area (Å²) in [4.78, 5) is 0. The quantitative estimate of drug-likeness (QED) is 0.661. The number of rotatable bonds is 3. The first kappa shape index (κ1) is 13.4. The third-order valence-electron chi connectivity index (χ3n) is 3.70. The molecule has 0 N–H and O–H groups in total. The molecule has 1 aromatic carbocycles. The molecule has 1 aliphatic carbocycles. The molecule has 0 bridgehead atoms. The predicted octanol–water partition coefficient (Wildman–Crippen LogP) is 5.32. The monoisotopic (exact) mass is 318 g/mol. The molecule has 1 fully saturated rings.